The van der Waals surface area contributed by atoms with E-state index in [9.17, 15) is 0 Å². The monoisotopic (exact) mass is 318 g/mol. The summed E-state index contributed by atoms with van der Waals surface area (Å²) in [6, 6.07) is 19.7. The summed E-state index contributed by atoms with van der Waals surface area (Å²) in [5, 5.41) is 0. The molecular weight excluding hydrogens is 291 g/mol. The summed E-state index contributed by atoms with van der Waals surface area (Å²) in [5.74, 6) is 1.54. The van der Waals surface area contributed by atoms with Crippen molar-refractivity contribution in [3.8, 4) is 0 Å². The Kier molecular flexibility index (Phi) is 4.75. The summed E-state index contributed by atoms with van der Waals surface area (Å²) in [4.78, 5) is 0. The lowest BCUT2D eigenvalue weighted by Gasteiger charge is -2.41. The fourth-order valence-electron chi connectivity index (χ4n) is 4.71. The first-order valence-electron chi connectivity index (χ1n) is 9.58. The molecule has 124 valence electrons. The Morgan fingerprint density at radius 3 is 1.92 bits per heavy atom. The largest absolute Gasteiger partial charge is 0.425 e. The van der Waals surface area contributed by atoms with Gasteiger partial charge in [-0.05, 0) is 29.7 Å². The summed E-state index contributed by atoms with van der Waals surface area (Å²) in [7, 11) is 0. The molecule has 2 saturated heterocycles. The lowest BCUT2D eigenvalue weighted by Crippen LogP contribution is -2.38. The molecular formula is C22H27BO. The Morgan fingerprint density at radius 2 is 1.33 bits per heavy atom. The molecule has 2 aliphatic rings. The average molecular weight is 318 g/mol. The van der Waals surface area contributed by atoms with Gasteiger partial charge in [-0.25, -0.2) is 0 Å². The minimum Gasteiger partial charge on any atom is -0.425 e. The van der Waals surface area contributed by atoms with Gasteiger partial charge in [0.05, 0.1) is 6.10 Å². The van der Waals surface area contributed by atoms with Gasteiger partial charge in [0.1, 0.15) is 0 Å². The van der Waals surface area contributed by atoms with Crippen LogP contribution in [0.5, 0.6) is 0 Å². The molecule has 0 aromatic heterocycles. The quantitative estimate of drug-likeness (QED) is 0.610. The summed E-state index contributed by atoms with van der Waals surface area (Å²) in [5.41, 5.74) is 3.88. The maximum absolute atomic E-state index is 6.87. The normalized spacial score (nSPS) is 24.6. The van der Waals surface area contributed by atoms with Crippen molar-refractivity contribution in [2.75, 3.05) is 0 Å². The Morgan fingerprint density at radius 1 is 0.792 bits per heavy atom. The van der Waals surface area contributed by atoms with Gasteiger partial charge in [-0.15, -0.1) is 0 Å². The van der Waals surface area contributed by atoms with Gasteiger partial charge in [-0.3, -0.25) is 0 Å². The Bertz CT molecular complexity index is 629. The van der Waals surface area contributed by atoms with E-state index in [0.29, 0.717) is 6.92 Å². The van der Waals surface area contributed by atoms with E-state index in [1.54, 1.807) is 0 Å². The van der Waals surface area contributed by atoms with Crippen LogP contribution in [0.1, 0.15) is 61.3 Å². The minimum absolute atomic E-state index is 0.0676. The summed E-state index contributed by atoms with van der Waals surface area (Å²) < 4.78 is 6.87. The fourth-order valence-corrected chi connectivity index (χ4v) is 4.71. The maximum Gasteiger partial charge on any atom is 0.300 e. The van der Waals surface area contributed by atoms with Gasteiger partial charge in [0.2, 0.25) is 0 Å². The first kappa shape index (κ1) is 16.0. The highest BCUT2D eigenvalue weighted by molar-refractivity contribution is 6.56. The van der Waals surface area contributed by atoms with Crippen molar-refractivity contribution >= 4 is 6.92 Å². The zero-order valence-electron chi connectivity index (χ0n) is 14.7. The van der Waals surface area contributed by atoms with Crippen LogP contribution in [0.25, 0.3) is 0 Å². The molecule has 2 aliphatic heterocycles. The smallest absolute Gasteiger partial charge is 0.300 e. The van der Waals surface area contributed by atoms with Gasteiger partial charge >= 0.3 is 6.92 Å². The molecule has 1 unspecified atom stereocenters. The average Bonchev–Trinajstić information content (AvgIpc) is 2.61. The van der Waals surface area contributed by atoms with Gasteiger partial charge in [-0.2, -0.15) is 0 Å². The van der Waals surface area contributed by atoms with Crippen LogP contribution in [-0.2, 0) is 4.65 Å². The number of fused-ring (bicyclic) bond motifs is 2. The third kappa shape index (κ3) is 3.30. The highest BCUT2D eigenvalue weighted by Crippen LogP contribution is 2.48. The van der Waals surface area contributed by atoms with Crippen molar-refractivity contribution < 1.29 is 4.65 Å². The molecule has 1 atom stereocenters. The fraction of sp³-hybridized carbons (Fsp3) is 0.455. The van der Waals surface area contributed by atoms with Gasteiger partial charge in [0.25, 0.3) is 0 Å². The number of benzene rings is 2. The molecule has 2 aromatic carbocycles. The molecule has 0 N–H and O–H groups in total. The first-order chi connectivity index (χ1) is 11.8. The van der Waals surface area contributed by atoms with Crippen molar-refractivity contribution in [1.82, 2.24) is 0 Å². The third-order valence-corrected chi connectivity index (χ3v) is 6.00. The molecule has 2 aromatic rings. The van der Waals surface area contributed by atoms with E-state index in [1.165, 1.54) is 55.2 Å². The van der Waals surface area contributed by atoms with Crippen LogP contribution in [-0.4, -0.2) is 6.92 Å². The van der Waals surface area contributed by atoms with Crippen molar-refractivity contribution in [3.05, 3.63) is 71.3 Å². The summed E-state index contributed by atoms with van der Waals surface area (Å²) in [6.45, 7) is 2.59. The van der Waals surface area contributed by atoms with Crippen LogP contribution in [0.4, 0.5) is 0 Å². The maximum atomic E-state index is 6.87. The SMILES string of the molecule is Cc1ccc(C(OB2C3CCCC2CCC3)c2ccccc2)cc1. The van der Waals surface area contributed by atoms with Gasteiger partial charge < -0.3 is 4.65 Å². The Labute approximate surface area is 146 Å². The van der Waals surface area contributed by atoms with Crippen molar-refractivity contribution in [2.24, 2.45) is 0 Å². The van der Waals surface area contributed by atoms with Crippen molar-refractivity contribution in [2.45, 2.75) is 63.2 Å². The second-order valence-electron chi connectivity index (χ2n) is 7.68. The van der Waals surface area contributed by atoms with Crippen molar-refractivity contribution in [1.29, 1.82) is 0 Å². The summed E-state index contributed by atoms with van der Waals surface area (Å²) >= 11 is 0. The van der Waals surface area contributed by atoms with Crippen LogP contribution in [0.3, 0.4) is 0 Å². The number of aryl methyl sites for hydroxylation is 1. The van der Waals surface area contributed by atoms with E-state index < -0.39 is 0 Å². The molecule has 4 rings (SSSR count). The number of hydrogen-bond acceptors (Lipinski definition) is 1. The van der Waals surface area contributed by atoms with E-state index in [4.69, 9.17) is 4.65 Å². The van der Waals surface area contributed by atoms with Crippen LogP contribution in [0.15, 0.2) is 54.6 Å². The molecule has 2 fully saturated rings. The van der Waals surface area contributed by atoms with Gasteiger partial charge in [0, 0.05) is 0 Å². The molecule has 2 bridgehead atoms. The topological polar surface area (TPSA) is 9.23 Å². The van der Waals surface area contributed by atoms with E-state index in [1.807, 2.05) is 0 Å². The van der Waals surface area contributed by atoms with Crippen LogP contribution in [0, 0.1) is 6.92 Å². The zero-order chi connectivity index (χ0) is 16.4. The third-order valence-electron chi connectivity index (χ3n) is 6.00. The van der Waals surface area contributed by atoms with Gasteiger partial charge in [-0.1, -0.05) is 98.7 Å². The molecule has 0 saturated carbocycles. The van der Waals surface area contributed by atoms with Crippen LogP contribution >= 0.6 is 0 Å². The number of rotatable bonds is 4. The second kappa shape index (κ2) is 7.15. The van der Waals surface area contributed by atoms with Crippen LogP contribution in [0.2, 0.25) is 11.6 Å². The van der Waals surface area contributed by atoms with E-state index >= 15 is 0 Å². The molecule has 1 nitrogen and oxygen atoms in total. The highest BCUT2D eigenvalue weighted by Gasteiger charge is 2.42. The van der Waals surface area contributed by atoms with E-state index in [2.05, 4.69) is 61.5 Å². The predicted octanol–water partition coefficient (Wildman–Crippen LogP) is 6.20. The molecule has 0 spiro atoms. The Balaban J connectivity index is 1.64. The molecule has 0 amide bonds. The highest BCUT2D eigenvalue weighted by atomic mass is 16.4. The minimum atomic E-state index is 0.0676. The first-order valence-corrected chi connectivity index (χ1v) is 9.58. The predicted molar refractivity (Wildman–Crippen MR) is 102 cm³/mol. The standard InChI is InChI=1S/C22H27BO/c1-17-13-15-19(16-14-17)22(18-7-3-2-4-8-18)24-23-20-9-5-10-21(23)12-6-11-20/h2-4,7-8,13-16,20-22H,5-6,9-12H2,1H3. The zero-order valence-corrected chi connectivity index (χ0v) is 14.7. The molecule has 0 aliphatic carbocycles. The Hall–Kier alpha value is -1.54. The van der Waals surface area contributed by atoms with E-state index in [-0.39, 0.29) is 6.10 Å². The molecule has 2 heteroatoms. The molecule has 24 heavy (non-hydrogen) atoms. The van der Waals surface area contributed by atoms with Crippen LogP contribution < -0.4 is 0 Å². The lowest BCUT2D eigenvalue weighted by atomic mass is 9.38. The van der Waals surface area contributed by atoms with Gasteiger partial charge in [0.15, 0.2) is 0 Å². The number of hydrogen-bond donors (Lipinski definition) is 0. The second-order valence-corrected chi connectivity index (χ2v) is 7.68. The van der Waals surface area contributed by atoms with Crippen molar-refractivity contribution in [3.63, 3.8) is 0 Å². The summed E-state index contributed by atoms with van der Waals surface area (Å²) in [6.07, 6.45) is 8.30. The lowest BCUT2D eigenvalue weighted by molar-refractivity contribution is 0.213. The molecule has 2 heterocycles. The van der Waals surface area contributed by atoms with E-state index in [0.717, 1.165) is 11.6 Å². The molecule has 0 radical (unpaired) electrons.